The van der Waals surface area contributed by atoms with E-state index in [0.717, 1.165) is 18.5 Å². The molecule has 2 aliphatic rings. The number of carbonyl (C=O) groups is 2. The van der Waals surface area contributed by atoms with Crippen molar-refractivity contribution in [2.75, 3.05) is 32.8 Å². The molecule has 2 N–H and O–H groups in total. The summed E-state index contributed by atoms with van der Waals surface area (Å²) in [6.07, 6.45) is 2.95. The molecule has 3 heterocycles. The molecule has 0 radical (unpaired) electrons. The number of aliphatic hydroxyl groups is 1. The zero-order chi connectivity index (χ0) is 18.0. The lowest BCUT2D eigenvalue weighted by atomic mass is 9.78. The molecule has 25 heavy (non-hydrogen) atoms. The van der Waals surface area contributed by atoms with Gasteiger partial charge in [0.2, 0.25) is 11.5 Å². The number of aliphatic hydroxyl groups excluding tert-OH is 1. The van der Waals surface area contributed by atoms with E-state index in [1.165, 1.54) is 6.07 Å². The standard InChI is InChI=1S/C18H25N3O4/c1-2-14-10-13(11-15(23)19-14)16(24)21-7-5-18(12-21)4-3-6-20(8-9-22)17(18)25/h10-11,22H,2-9,12H2,1H3,(H,19,23)/t18-/m1/s1. The highest BCUT2D eigenvalue weighted by Crippen LogP contribution is 2.40. The molecule has 1 spiro atoms. The summed E-state index contributed by atoms with van der Waals surface area (Å²) in [5.74, 6) is -0.145. The number of nitrogens with zero attached hydrogens (tertiary/aromatic N) is 2. The van der Waals surface area contributed by atoms with Crippen molar-refractivity contribution >= 4 is 11.8 Å². The third-order valence-corrected chi connectivity index (χ3v) is 5.36. The zero-order valence-corrected chi connectivity index (χ0v) is 14.6. The molecule has 2 saturated heterocycles. The van der Waals surface area contributed by atoms with Crippen molar-refractivity contribution in [3.8, 4) is 0 Å². The first kappa shape index (κ1) is 17.7. The number of amides is 2. The van der Waals surface area contributed by atoms with Gasteiger partial charge in [-0.05, 0) is 31.7 Å². The van der Waals surface area contributed by atoms with Gasteiger partial charge in [-0.2, -0.15) is 0 Å². The lowest BCUT2D eigenvalue weighted by Gasteiger charge is -2.39. The molecule has 0 saturated carbocycles. The van der Waals surface area contributed by atoms with Crippen molar-refractivity contribution in [1.82, 2.24) is 14.8 Å². The van der Waals surface area contributed by atoms with Crippen molar-refractivity contribution in [2.45, 2.75) is 32.6 Å². The van der Waals surface area contributed by atoms with Gasteiger partial charge < -0.3 is 19.9 Å². The number of nitrogens with one attached hydrogen (secondary N) is 1. The first-order chi connectivity index (χ1) is 12.0. The topological polar surface area (TPSA) is 93.7 Å². The highest BCUT2D eigenvalue weighted by molar-refractivity contribution is 5.95. The summed E-state index contributed by atoms with van der Waals surface area (Å²) in [6.45, 7) is 3.80. The minimum Gasteiger partial charge on any atom is -0.395 e. The lowest BCUT2D eigenvalue weighted by Crippen LogP contribution is -2.51. The Hall–Kier alpha value is -2.15. The van der Waals surface area contributed by atoms with Crippen molar-refractivity contribution in [3.63, 3.8) is 0 Å². The van der Waals surface area contributed by atoms with Gasteiger partial charge in [-0.3, -0.25) is 14.4 Å². The number of aromatic amines is 1. The van der Waals surface area contributed by atoms with E-state index in [1.54, 1.807) is 15.9 Å². The molecule has 0 bridgehead atoms. The normalized spacial score (nSPS) is 23.5. The van der Waals surface area contributed by atoms with Gasteiger partial charge in [0.25, 0.3) is 5.91 Å². The molecule has 1 aromatic heterocycles. The van der Waals surface area contributed by atoms with Gasteiger partial charge in [0, 0.05) is 43.5 Å². The number of piperidine rings is 1. The number of hydrogen-bond acceptors (Lipinski definition) is 4. The van der Waals surface area contributed by atoms with E-state index < -0.39 is 5.41 Å². The highest BCUT2D eigenvalue weighted by Gasteiger charge is 2.49. The van der Waals surface area contributed by atoms with Crippen LogP contribution in [0.4, 0.5) is 0 Å². The van der Waals surface area contributed by atoms with E-state index in [0.29, 0.717) is 44.6 Å². The number of rotatable bonds is 4. The molecular weight excluding hydrogens is 322 g/mol. The summed E-state index contributed by atoms with van der Waals surface area (Å²) >= 11 is 0. The molecule has 7 heteroatoms. The molecular formula is C18H25N3O4. The Morgan fingerprint density at radius 2 is 2.08 bits per heavy atom. The second kappa shape index (κ2) is 7.00. The summed E-state index contributed by atoms with van der Waals surface area (Å²) in [4.78, 5) is 43.5. The fraction of sp³-hybridized carbons (Fsp3) is 0.611. The molecule has 1 atom stereocenters. The van der Waals surface area contributed by atoms with Gasteiger partial charge >= 0.3 is 0 Å². The third-order valence-electron chi connectivity index (χ3n) is 5.36. The van der Waals surface area contributed by atoms with E-state index in [-0.39, 0.29) is 24.0 Å². The minimum absolute atomic E-state index is 0.0446. The van der Waals surface area contributed by atoms with Gasteiger partial charge in [-0.25, -0.2) is 0 Å². The van der Waals surface area contributed by atoms with Crippen LogP contribution in [0.25, 0.3) is 0 Å². The molecule has 1 aromatic rings. The van der Waals surface area contributed by atoms with E-state index in [9.17, 15) is 14.4 Å². The Bertz CT molecular complexity index is 727. The number of H-pyrrole nitrogens is 1. The fourth-order valence-electron chi connectivity index (χ4n) is 4.01. The number of aromatic nitrogens is 1. The molecule has 2 fully saturated rings. The molecule has 3 rings (SSSR count). The van der Waals surface area contributed by atoms with Crippen LogP contribution in [0.5, 0.6) is 0 Å². The van der Waals surface area contributed by atoms with Crippen LogP contribution in [0.3, 0.4) is 0 Å². The summed E-state index contributed by atoms with van der Waals surface area (Å²) in [5.41, 5.74) is 0.304. The summed E-state index contributed by atoms with van der Waals surface area (Å²) in [6, 6.07) is 3.04. The van der Waals surface area contributed by atoms with Crippen LogP contribution in [0.2, 0.25) is 0 Å². The van der Waals surface area contributed by atoms with Crippen LogP contribution in [0, 0.1) is 5.41 Å². The van der Waals surface area contributed by atoms with Crippen LogP contribution in [-0.2, 0) is 11.2 Å². The molecule has 136 valence electrons. The molecule has 2 aliphatic heterocycles. The van der Waals surface area contributed by atoms with Crippen LogP contribution >= 0.6 is 0 Å². The summed E-state index contributed by atoms with van der Waals surface area (Å²) in [7, 11) is 0. The van der Waals surface area contributed by atoms with Gasteiger partial charge in [0.05, 0.1) is 12.0 Å². The molecule has 0 unspecified atom stereocenters. The van der Waals surface area contributed by atoms with E-state index in [2.05, 4.69) is 4.98 Å². The zero-order valence-electron chi connectivity index (χ0n) is 14.6. The lowest BCUT2D eigenvalue weighted by molar-refractivity contribution is -0.146. The highest BCUT2D eigenvalue weighted by atomic mass is 16.3. The Kier molecular flexibility index (Phi) is 4.94. The average Bonchev–Trinajstić information content (AvgIpc) is 3.03. The Morgan fingerprint density at radius 3 is 2.80 bits per heavy atom. The Balaban J connectivity index is 1.78. The van der Waals surface area contributed by atoms with Crippen molar-refractivity contribution in [3.05, 3.63) is 33.7 Å². The number of pyridine rings is 1. The number of hydrogen-bond donors (Lipinski definition) is 2. The van der Waals surface area contributed by atoms with Crippen molar-refractivity contribution < 1.29 is 14.7 Å². The van der Waals surface area contributed by atoms with Crippen LogP contribution < -0.4 is 5.56 Å². The van der Waals surface area contributed by atoms with E-state index >= 15 is 0 Å². The largest absolute Gasteiger partial charge is 0.395 e. The smallest absolute Gasteiger partial charge is 0.254 e. The summed E-state index contributed by atoms with van der Waals surface area (Å²) < 4.78 is 0. The maximum Gasteiger partial charge on any atom is 0.254 e. The van der Waals surface area contributed by atoms with Crippen LogP contribution in [-0.4, -0.2) is 64.5 Å². The second-order valence-electron chi connectivity index (χ2n) is 6.99. The SMILES string of the molecule is CCc1cc(C(=O)N2CC[C@]3(CCCN(CCO)C3=O)C2)cc(=O)[nH]1. The van der Waals surface area contributed by atoms with E-state index in [1.807, 2.05) is 6.92 Å². The molecule has 0 aromatic carbocycles. The minimum atomic E-state index is -0.530. The predicted octanol–water partition coefficient (Wildman–Crippen LogP) is 0.384. The Labute approximate surface area is 146 Å². The quantitative estimate of drug-likeness (QED) is 0.824. The number of carbonyl (C=O) groups excluding carboxylic acids is 2. The third kappa shape index (κ3) is 3.33. The maximum atomic E-state index is 12.8. The molecule has 2 amide bonds. The second-order valence-corrected chi connectivity index (χ2v) is 6.99. The molecule has 0 aliphatic carbocycles. The van der Waals surface area contributed by atoms with E-state index in [4.69, 9.17) is 5.11 Å². The van der Waals surface area contributed by atoms with Crippen LogP contribution in [0.15, 0.2) is 16.9 Å². The van der Waals surface area contributed by atoms with Crippen molar-refractivity contribution in [1.29, 1.82) is 0 Å². The average molecular weight is 347 g/mol. The van der Waals surface area contributed by atoms with Gasteiger partial charge in [0.15, 0.2) is 0 Å². The van der Waals surface area contributed by atoms with Gasteiger partial charge in [0.1, 0.15) is 0 Å². The predicted molar refractivity (Wildman–Crippen MR) is 92.3 cm³/mol. The number of aryl methyl sites for hydroxylation is 1. The Morgan fingerprint density at radius 1 is 1.28 bits per heavy atom. The first-order valence-electron chi connectivity index (χ1n) is 8.92. The van der Waals surface area contributed by atoms with Gasteiger partial charge in [-0.15, -0.1) is 0 Å². The first-order valence-corrected chi connectivity index (χ1v) is 8.92. The fourth-order valence-corrected chi connectivity index (χ4v) is 4.01. The number of likely N-dealkylation sites (tertiary alicyclic amines) is 2. The van der Waals surface area contributed by atoms with Crippen molar-refractivity contribution in [2.24, 2.45) is 5.41 Å². The maximum absolute atomic E-state index is 12.8. The molecule has 7 nitrogen and oxygen atoms in total. The number of β-amino-alcohol motifs (C(OH)–C–C–N with tert-alkyl or cyclic N) is 1. The van der Waals surface area contributed by atoms with Crippen LogP contribution in [0.1, 0.15) is 42.2 Å². The summed E-state index contributed by atoms with van der Waals surface area (Å²) in [5, 5.41) is 9.14. The van der Waals surface area contributed by atoms with Gasteiger partial charge in [-0.1, -0.05) is 6.92 Å². The monoisotopic (exact) mass is 347 g/mol.